The second-order valence-electron chi connectivity index (χ2n) is 4.43. The Morgan fingerprint density at radius 3 is 2.67 bits per heavy atom. The third-order valence-electron chi connectivity index (χ3n) is 2.88. The maximum Gasteiger partial charge on any atom is 0.122 e. The van der Waals surface area contributed by atoms with Gasteiger partial charge in [0.15, 0.2) is 0 Å². The predicted octanol–water partition coefficient (Wildman–Crippen LogP) is 1.10. The zero-order chi connectivity index (χ0) is 13.4. The van der Waals surface area contributed by atoms with Crippen molar-refractivity contribution in [2.24, 2.45) is 0 Å². The van der Waals surface area contributed by atoms with E-state index in [4.69, 9.17) is 9.84 Å². The minimum atomic E-state index is -0.579. The number of benzene rings is 1. The summed E-state index contributed by atoms with van der Waals surface area (Å²) >= 11 is 0. The lowest BCUT2D eigenvalue weighted by atomic mass is 10.2. The molecule has 0 unspecified atom stereocenters. The first kappa shape index (κ1) is 15.0. The number of hydrogen-bond donors (Lipinski definition) is 3. The summed E-state index contributed by atoms with van der Waals surface area (Å²) in [6.45, 7) is 4.72. The molecular formula is C14H23NO3. The van der Waals surface area contributed by atoms with Crippen molar-refractivity contribution < 1.29 is 14.9 Å². The van der Waals surface area contributed by atoms with E-state index in [1.165, 1.54) is 0 Å². The highest BCUT2D eigenvalue weighted by atomic mass is 16.5. The molecule has 0 heterocycles. The Kier molecular flexibility index (Phi) is 6.72. The van der Waals surface area contributed by atoms with Crippen LogP contribution in [0.2, 0.25) is 0 Å². The van der Waals surface area contributed by atoms with Crippen LogP contribution in [-0.2, 0) is 0 Å². The van der Waals surface area contributed by atoms with Crippen LogP contribution in [0.25, 0.3) is 0 Å². The third-order valence-corrected chi connectivity index (χ3v) is 2.88. The summed E-state index contributed by atoms with van der Waals surface area (Å²) in [5.41, 5.74) is 1.06. The standard InChI is InChI=1S/C14H23NO3/c1-3-12(9-16)15-8-13(17)10-18-14-7-5-4-6-11(14)2/h4-7,12-13,15-17H,3,8-10H2,1-2H3/t12-,13-/m0/s1. The fraction of sp³-hybridized carbons (Fsp3) is 0.571. The van der Waals surface area contributed by atoms with Crippen LogP contribution in [0.4, 0.5) is 0 Å². The lowest BCUT2D eigenvalue weighted by molar-refractivity contribution is 0.0991. The molecule has 1 aromatic rings. The first-order chi connectivity index (χ1) is 8.67. The van der Waals surface area contributed by atoms with E-state index in [0.29, 0.717) is 6.54 Å². The fourth-order valence-electron chi connectivity index (χ4n) is 1.60. The van der Waals surface area contributed by atoms with Gasteiger partial charge in [0.2, 0.25) is 0 Å². The van der Waals surface area contributed by atoms with Crippen molar-refractivity contribution in [1.29, 1.82) is 0 Å². The minimum absolute atomic E-state index is 0.0399. The maximum absolute atomic E-state index is 9.77. The molecule has 2 atom stereocenters. The number of nitrogens with one attached hydrogen (secondary N) is 1. The van der Waals surface area contributed by atoms with Gasteiger partial charge in [-0.05, 0) is 25.0 Å². The van der Waals surface area contributed by atoms with Gasteiger partial charge in [-0.15, -0.1) is 0 Å². The molecule has 102 valence electrons. The Balaban J connectivity index is 2.29. The van der Waals surface area contributed by atoms with Crippen molar-refractivity contribution >= 4 is 0 Å². The molecule has 0 aliphatic heterocycles. The summed E-state index contributed by atoms with van der Waals surface area (Å²) in [4.78, 5) is 0. The van der Waals surface area contributed by atoms with E-state index in [1.807, 2.05) is 38.1 Å². The molecular weight excluding hydrogens is 230 g/mol. The van der Waals surface area contributed by atoms with Crippen molar-refractivity contribution in [2.45, 2.75) is 32.4 Å². The molecule has 0 aromatic heterocycles. The van der Waals surface area contributed by atoms with Gasteiger partial charge in [0.1, 0.15) is 18.5 Å². The monoisotopic (exact) mass is 253 g/mol. The van der Waals surface area contributed by atoms with Crippen molar-refractivity contribution in [2.75, 3.05) is 19.8 Å². The fourth-order valence-corrected chi connectivity index (χ4v) is 1.60. The normalized spacial score (nSPS) is 14.2. The molecule has 0 saturated heterocycles. The van der Waals surface area contributed by atoms with Gasteiger partial charge < -0.3 is 20.3 Å². The van der Waals surface area contributed by atoms with Crippen LogP contribution in [0, 0.1) is 6.92 Å². The molecule has 1 rings (SSSR count). The minimum Gasteiger partial charge on any atom is -0.491 e. The van der Waals surface area contributed by atoms with Gasteiger partial charge in [-0.25, -0.2) is 0 Å². The van der Waals surface area contributed by atoms with Crippen LogP contribution in [0.15, 0.2) is 24.3 Å². The van der Waals surface area contributed by atoms with Crippen LogP contribution in [0.5, 0.6) is 5.75 Å². The van der Waals surface area contributed by atoms with Crippen molar-refractivity contribution in [1.82, 2.24) is 5.32 Å². The quantitative estimate of drug-likeness (QED) is 0.649. The van der Waals surface area contributed by atoms with Crippen LogP contribution < -0.4 is 10.1 Å². The first-order valence-corrected chi connectivity index (χ1v) is 6.38. The molecule has 0 spiro atoms. The zero-order valence-electron chi connectivity index (χ0n) is 11.1. The first-order valence-electron chi connectivity index (χ1n) is 6.38. The topological polar surface area (TPSA) is 61.7 Å². The highest BCUT2D eigenvalue weighted by molar-refractivity contribution is 5.31. The largest absolute Gasteiger partial charge is 0.491 e. The molecule has 4 heteroatoms. The highest BCUT2D eigenvalue weighted by Gasteiger charge is 2.09. The van der Waals surface area contributed by atoms with Crippen molar-refractivity contribution in [3.63, 3.8) is 0 Å². The second kappa shape index (κ2) is 8.08. The van der Waals surface area contributed by atoms with Gasteiger partial charge in [-0.2, -0.15) is 0 Å². The van der Waals surface area contributed by atoms with Crippen LogP contribution in [-0.4, -0.2) is 42.1 Å². The van der Waals surface area contributed by atoms with E-state index in [9.17, 15) is 5.11 Å². The maximum atomic E-state index is 9.77. The van der Waals surface area contributed by atoms with Crippen LogP contribution in [0.1, 0.15) is 18.9 Å². The summed E-state index contributed by atoms with van der Waals surface area (Å²) in [5, 5.41) is 21.9. The average Bonchev–Trinajstić information content (AvgIpc) is 2.39. The number of aliphatic hydroxyl groups is 2. The number of hydrogen-bond acceptors (Lipinski definition) is 4. The molecule has 0 radical (unpaired) electrons. The molecule has 4 nitrogen and oxygen atoms in total. The molecule has 18 heavy (non-hydrogen) atoms. The number of rotatable bonds is 8. The third kappa shape index (κ3) is 5.04. The SMILES string of the molecule is CC[C@@H](CO)NC[C@H](O)COc1ccccc1C. The van der Waals surface area contributed by atoms with Crippen LogP contribution >= 0.6 is 0 Å². The summed E-state index contributed by atoms with van der Waals surface area (Å²) < 4.78 is 5.55. The summed E-state index contributed by atoms with van der Waals surface area (Å²) in [7, 11) is 0. The number of aliphatic hydroxyl groups excluding tert-OH is 2. The number of ether oxygens (including phenoxy) is 1. The van der Waals surface area contributed by atoms with Gasteiger partial charge in [0.05, 0.1) is 6.61 Å². The summed E-state index contributed by atoms with van der Waals surface area (Å²) in [5.74, 6) is 0.797. The Morgan fingerprint density at radius 1 is 1.33 bits per heavy atom. The van der Waals surface area contributed by atoms with Crippen molar-refractivity contribution in [3.8, 4) is 5.75 Å². The lowest BCUT2D eigenvalue weighted by Crippen LogP contribution is -2.39. The molecule has 0 fully saturated rings. The van der Waals surface area contributed by atoms with E-state index in [2.05, 4.69) is 5.32 Å². The van der Waals surface area contributed by atoms with Gasteiger partial charge in [-0.1, -0.05) is 25.1 Å². The second-order valence-corrected chi connectivity index (χ2v) is 4.43. The van der Waals surface area contributed by atoms with Gasteiger partial charge in [-0.3, -0.25) is 0 Å². The van der Waals surface area contributed by atoms with E-state index >= 15 is 0 Å². The Morgan fingerprint density at radius 2 is 2.06 bits per heavy atom. The molecule has 0 aliphatic rings. The van der Waals surface area contributed by atoms with E-state index in [1.54, 1.807) is 0 Å². The van der Waals surface area contributed by atoms with Gasteiger partial charge in [0, 0.05) is 12.6 Å². The Labute approximate surface area is 109 Å². The number of aryl methyl sites for hydroxylation is 1. The average molecular weight is 253 g/mol. The van der Waals surface area contributed by atoms with E-state index in [0.717, 1.165) is 17.7 Å². The zero-order valence-corrected chi connectivity index (χ0v) is 11.1. The van der Waals surface area contributed by atoms with Crippen LogP contribution in [0.3, 0.4) is 0 Å². The van der Waals surface area contributed by atoms with E-state index < -0.39 is 6.10 Å². The highest BCUT2D eigenvalue weighted by Crippen LogP contribution is 2.16. The lowest BCUT2D eigenvalue weighted by Gasteiger charge is -2.18. The molecule has 0 aliphatic carbocycles. The Hall–Kier alpha value is -1.10. The summed E-state index contributed by atoms with van der Waals surface area (Å²) in [6.07, 6.45) is 0.257. The molecule has 0 bridgehead atoms. The molecule has 1 aromatic carbocycles. The summed E-state index contributed by atoms with van der Waals surface area (Å²) in [6, 6.07) is 7.76. The Bertz CT molecular complexity index is 340. The predicted molar refractivity (Wildman–Crippen MR) is 71.8 cm³/mol. The van der Waals surface area contributed by atoms with Gasteiger partial charge in [0.25, 0.3) is 0 Å². The smallest absolute Gasteiger partial charge is 0.122 e. The van der Waals surface area contributed by atoms with Crippen molar-refractivity contribution in [3.05, 3.63) is 29.8 Å². The molecule has 0 saturated carbocycles. The number of para-hydroxylation sites is 1. The molecule has 0 amide bonds. The molecule has 3 N–H and O–H groups in total. The van der Waals surface area contributed by atoms with Gasteiger partial charge >= 0.3 is 0 Å². The van der Waals surface area contributed by atoms with E-state index in [-0.39, 0.29) is 19.3 Å².